The SMILES string of the molecule is CCC(C)N(CCC(=O)N1CCN(c2ccccc2OC)CC1)C(=O)c1cnccn1. The highest BCUT2D eigenvalue weighted by Gasteiger charge is 2.26. The Labute approximate surface area is 183 Å². The van der Waals surface area contributed by atoms with E-state index in [4.69, 9.17) is 4.74 Å². The largest absolute Gasteiger partial charge is 0.495 e. The number of benzene rings is 1. The van der Waals surface area contributed by atoms with Crippen LogP contribution in [0.5, 0.6) is 5.75 Å². The van der Waals surface area contributed by atoms with Crippen LogP contribution in [-0.2, 0) is 4.79 Å². The molecule has 0 bridgehead atoms. The molecule has 166 valence electrons. The number of aromatic nitrogens is 2. The van der Waals surface area contributed by atoms with Gasteiger partial charge in [0.15, 0.2) is 0 Å². The van der Waals surface area contributed by atoms with E-state index in [2.05, 4.69) is 14.9 Å². The smallest absolute Gasteiger partial charge is 0.274 e. The van der Waals surface area contributed by atoms with Gasteiger partial charge in [-0.25, -0.2) is 4.98 Å². The molecule has 2 aromatic rings. The number of methoxy groups -OCH3 is 1. The topological polar surface area (TPSA) is 78.9 Å². The summed E-state index contributed by atoms with van der Waals surface area (Å²) < 4.78 is 5.46. The van der Waals surface area contributed by atoms with Gasteiger partial charge in [-0.05, 0) is 25.5 Å². The molecule has 1 aromatic carbocycles. The molecule has 1 aromatic heterocycles. The van der Waals surface area contributed by atoms with Crippen LogP contribution in [0.25, 0.3) is 0 Å². The number of carbonyl (C=O) groups is 2. The molecule has 1 aliphatic heterocycles. The minimum Gasteiger partial charge on any atom is -0.495 e. The molecule has 0 aliphatic carbocycles. The lowest BCUT2D eigenvalue weighted by Crippen LogP contribution is -2.50. The molecule has 1 unspecified atom stereocenters. The first kappa shape index (κ1) is 22.5. The van der Waals surface area contributed by atoms with Gasteiger partial charge in [-0.1, -0.05) is 19.1 Å². The van der Waals surface area contributed by atoms with Gasteiger partial charge in [-0.15, -0.1) is 0 Å². The highest BCUT2D eigenvalue weighted by Crippen LogP contribution is 2.28. The molecule has 3 rings (SSSR count). The quantitative estimate of drug-likeness (QED) is 0.647. The summed E-state index contributed by atoms with van der Waals surface area (Å²) in [6, 6.07) is 7.95. The summed E-state index contributed by atoms with van der Waals surface area (Å²) in [5.74, 6) is 0.727. The maximum Gasteiger partial charge on any atom is 0.274 e. The maximum atomic E-state index is 12.9. The number of hydrogen-bond acceptors (Lipinski definition) is 6. The minimum absolute atomic E-state index is 0.0182. The highest BCUT2D eigenvalue weighted by molar-refractivity contribution is 5.92. The third-order valence-electron chi connectivity index (χ3n) is 5.79. The molecule has 8 nitrogen and oxygen atoms in total. The predicted molar refractivity (Wildman–Crippen MR) is 119 cm³/mol. The Morgan fingerprint density at radius 3 is 2.55 bits per heavy atom. The number of nitrogens with zero attached hydrogens (tertiary/aromatic N) is 5. The van der Waals surface area contributed by atoms with E-state index in [1.165, 1.54) is 12.4 Å². The zero-order valence-corrected chi connectivity index (χ0v) is 18.5. The molecule has 31 heavy (non-hydrogen) atoms. The molecule has 1 saturated heterocycles. The maximum absolute atomic E-state index is 12.9. The van der Waals surface area contributed by atoms with E-state index in [9.17, 15) is 9.59 Å². The number of amides is 2. The Kier molecular flexibility index (Phi) is 7.81. The van der Waals surface area contributed by atoms with Crippen molar-refractivity contribution in [2.75, 3.05) is 44.7 Å². The van der Waals surface area contributed by atoms with Gasteiger partial charge in [0.25, 0.3) is 5.91 Å². The first-order valence-corrected chi connectivity index (χ1v) is 10.8. The molecule has 1 fully saturated rings. The Bertz CT molecular complexity index is 869. The van der Waals surface area contributed by atoms with E-state index in [1.54, 1.807) is 18.2 Å². The highest BCUT2D eigenvalue weighted by atomic mass is 16.5. The van der Waals surface area contributed by atoms with Crippen molar-refractivity contribution in [3.8, 4) is 5.75 Å². The molecule has 1 aliphatic rings. The van der Waals surface area contributed by atoms with Gasteiger partial charge in [0.05, 0.1) is 19.0 Å². The van der Waals surface area contributed by atoms with Crippen LogP contribution in [0, 0.1) is 0 Å². The lowest BCUT2D eigenvalue weighted by Gasteiger charge is -2.37. The van der Waals surface area contributed by atoms with E-state index in [1.807, 2.05) is 43.0 Å². The van der Waals surface area contributed by atoms with Gasteiger partial charge in [-0.2, -0.15) is 0 Å². The molecule has 2 amide bonds. The Hall–Kier alpha value is -3.16. The number of hydrogen-bond donors (Lipinski definition) is 0. The van der Waals surface area contributed by atoms with Crippen LogP contribution in [0.2, 0.25) is 0 Å². The van der Waals surface area contributed by atoms with E-state index < -0.39 is 0 Å². The van der Waals surface area contributed by atoms with E-state index >= 15 is 0 Å². The fourth-order valence-corrected chi connectivity index (χ4v) is 3.76. The third-order valence-corrected chi connectivity index (χ3v) is 5.79. The summed E-state index contributed by atoms with van der Waals surface area (Å²) in [6.07, 6.45) is 5.62. The lowest BCUT2D eigenvalue weighted by atomic mass is 10.1. The lowest BCUT2D eigenvalue weighted by molar-refractivity contribution is -0.131. The predicted octanol–water partition coefficient (Wildman–Crippen LogP) is 2.46. The summed E-state index contributed by atoms with van der Waals surface area (Å²) >= 11 is 0. The van der Waals surface area contributed by atoms with Gasteiger partial charge in [0, 0.05) is 57.6 Å². The number of anilines is 1. The minimum atomic E-state index is -0.184. The molecule has 0 spiro atoms. The number of para-hydroxylation sites is 2. The second-order valence-corrected chi connectivity index (χ2v) is 7.64. The van der Waals surface area contributed by atoms with Gasteiger partial charge in [0.2, 0.25) is 5.91 Å². The Morgan fingerprint density at radius 2 is 1.90 bits per heavy atom. The summed E-state index contributed by atoms with van der Waals surface area (Å²) in [5, 5.41) is 0. The van der Waals surface area contributed by atoms with Crippen LogP contribution >= 0.6 is 0 Å². The molecule has 2 heterocycles. The van der Waals surface area contributed by atoms with E-state index in [0.29, 0.717) is 31.7 Å². The number of piperazine rings is 1. The second kappa shape index (κ2) is 10.7. The Morgan fingerprint density at radius 1 is 1.16 bits per heavy atom. The molecule has 0 N–H and O–H groups in total. The molecular formula is C23H31N5O3. The second-order valence-electron chi connectivity index (χ2n) is 7.64. The first-order valence-electron chi connectivity index (χ1n) is 10.8. The van der Waals surface area contributed by atoms with Crippen molar-refractivity contribution in [3.63, 3.8) is 0 Å². The molecule has 8 heteroatoms. The summed E-state index contributed by atoms with van der Waals surface area (Å²) in [7, 11) is 1.67. The van der Waals surface area contributed by atoms with Gasteiger partial charge < -0.3 is 19.4 Å². The van der Waals surface area contributed by atoms with Crippen LogP contribution in [0.4, 0.5) is 5.69 Å². The summed E-state index contributed by atoms with van der Waals surface area (Å²) in [5.41, 5.74) is 1.36. The van der Waals surface area contributed by atoms with Crippen molar-refractivity contribution in [2.24, 2.45) is 0 Å². The number of rotatable bonds is 8. The van der Waals surface area contributed by atoms with Crippen molar-refractivity contribution in [1.29, 1.82) is 0 Å². The third kappa shape index (κ3) is 5.51. The van der Waals surface area contributed by atoms with Crippen molar-refractivity contribution in [2.45, 2.75) is 32.7 Å². The van der Waals surface area contributed by atoms with Crippen LogP contribution in [0.1, 0.15) is 37.2 Å². The van der Waals surface area contributed by atoms with Crippen LogP contribution < -0.4 is 9.64 Å². The van der Waals surface area contributed by atoms with E-state index in [-0.39, 0.29) is 17.9 Å². The van der Waals surface area contributed by atoms with Crippen molar-refractivity contribution >= 4 is 17.5 Å². The zero-order valence-electron chi connectivity index (χ0n) is 18.5. The Balaban J connectivity index is 1.56. The average molecular weight is 426 g/mol. The number of ether oxygens (including phenoxy) is 1. The monoisotopic (exact) mass is 425 g/mol. The molecule has 0 radical (unpaired) electrons. The van der Waals surface area contributed by atoms with Crippen LogP contribution in [0.15, 0.2) is 42.9 Å². The fourth-order valence-electron chi connectivity index (χ4n) is 3.76. The first-order chi connectivity index (χ1) is 15.0. The fraction of sp³-hybridized carbons (Fsp3) is 0.478. The normalized spacial score (nSPS) is 14.8. The molecule has 0 saturated carbocycles. The van der Waals surface area contributed by atoms with Crippen molar-refractivity contribution < 1.29 is 14.3 Å². The van der Waals surface area contributed by atoms with E-state index in [0.717, 1.165) is 30.9 Å². The van der Waals surface area contributed by atoms with Gasteiger partial charge in [0.1, 0.15) is 11.4 Å². The standard InChI is InChI=1S/C23H31N5O3/c1-4-18(2)28(23(30)19-17-24-10-11-25-19)12-9-22(29)27-15-13-26(14-16-27)20-7-5-6-8-21(20)31-3/h5-8,10-11,17-18H,4,9,12-16H2,1-3H3. The average Bonchev–Trinajstić information content (AvgIpc) is 2.84. The van der Waals surface area contributed by atoms with Gasteiger partial charge >= 0.3 is 0 Å². The molecular weight excluding hydrogens is 394 g/mol. The molecule has 1 atom stereocenters. The zero-order chi connectivity index (χ0) is 22.2. The van der Waals surface area contributed by atoms with Crippen molar-refractivity contribution in [1.82, 2.24) is 19.8 Å². The number of carbonyl (C=O) groups excluding carboxylic acids is 2. The summed E-state index contributed by atoms with van der Waals surface area (Å²) in [6.45, 7) is 7.19. The van der Waals surface area contributed by atoms with Crippen LogP contribution in [0.3, 0.4) is 0 Å². The van der Waals surface area contributed by atoms with Crippen LogP contribution in [-0.4, -0.2) is 77.5 Å². The van der Waals surface area contributed by atoms with Gasteiger partial charge in [-0.3, -0.25) is 14.6 Å². The summed E-state index contributed by atoms with van der Waals surface area (Å²) in [4.78, 5) is 39.7. The van der Waals surface area contributed by atoms with Crippen molar-refractivity contribution in [3.05, 3.63) is 48.5 Å².